The molecule has 3 aromatic rings. The van der Waals surface area contributed by atoms with E-state index in [1.165, 1.54) is 68.8 Å². The number of esters is 1. The van der Waals surface area contributed by atoms with Gasteiger partial charge >= 0.3 is 5.97 Å². The van der Waals surface area contributed by atoms with Crippen LogP contribution in [-0.4, -0.2) is 38.3 Å². The summed E-state index contributed by atoms with van der Waals surface area (Å²) < 4.78 is 6.86. The van der Waals surface area contributed by atoms with Crippen LogP contribution in [0.25, 0.3) is 17.0 Å². The van der Waals surface area contributed by atoms with Gasteiger partial charge in [0.2, 0.25) is 5.91 Å². The van der Waals surface area contributed by atoms with E-state index in [0.717, 1.165) is 29.7 Å². The van der Waals surface area contributed by atoms with E-state index in [0.29, 0.717) is 28.8 Å². The van der Waals surface area contributed by atoms with Gasteiger partial charge in [0.15, 0.2) is 11.5 Å². The lowest BCUT2D eigenvalue weighted by molar-refractivity contribution is -0.144. The smallest absolute Gasteiger partial charge is 0.306 e. The summed E-state index contributed by atoms with van der Waals surface area (Å²) in [7, 11) is 0. The maximum atomic E-state index is 12.6. The Kier molecular flexibility index (Phi) is 13.4. The Hall–Kier alpha value is -2.87. The molecule has 1 aromatic carbocycles. The van der Waals surface area contributed by atoms with E-state index < -0.39 is 0 Å². The van der Waals surface area contributed by atoms with Crippen molar-refractivity contribution in [2.45, 2.75) is 130 Å². The molecule has 9 heteroatoms. The van der Waals surface area contributed by atoms with Crippen LogP contribution in [0.5, 0.6) is 0 Å². The highest BCUT2D eigenvalue weighted by molar-refractivity contribution is 6.34. The molecule has 0 aliphatic rings. The number of hydrogen-bond acceptors (Lipinski definition) is 5. The lowest BCUT2D eigenvalue weighted by atomic mass is 9.92. The lowest BCUT2D eigenvalue weighted by Crippen LogP contribution is -2.15. The Morgan fingerprint density at radius 1 is 0.929 bits per heavy atom. The second-order valence-electron chi connectivity index (χ2n) is 12.4. The minimum atomic E-state index is -0.330. The molecule has 2 aromatic heterocycles. The summed E-state index contributed by atoms with van der Waals surface area (Å²) >= 11 is 6.57. The molecular formula is C33H50ClN5O3. The van der Waals surface area contributed by atoms with Gasteiger partial charge in [-0.25, -0.2) is 0 Å². The third-order valence-electron chi connectivity index (χ3n) is 7.55. The number of amides is 1. The quantitative estimate of drug-likeness (QED) is 0.112. The molecule has 0 spiro atoms. The molecule has 0 unspecified atom stereocenters. The number of H-pyrrole nitrogens is 1. The number of hydrogen-bond donors (Lipinski definition) is 2. The molecule has 2 N–H and O–H groups in total. The van der Waals surface area contributed by atoms with E-state index in [1.807, 2.05) is 25.1 Å². The van der Waals surface area contributed by atoms with Crippen LogP contribution in [0, 0.1) is 6.92 Å². The molecule has 0 saturated carbocycles. The molecular weight excluding hydrogens is 550 g/mol. The predicted octanol–water partition coefficient (Wildman–Crippen LogP) is 8.95. The maximum Gasteiger partial charge on any atom is 0.306 e. The van der Waals surface area contributed by atoms with E-state index in [1.54, 1.807) is 0 Å². The summed E-state index contributed by atoms with van der Waals surface area (Å²) in [6, 6.07) is 5.70. The van der Waals surface area contributed by atoms with Gasteiger partial charge in [0.1, 0.15) is 5.02 Å². The average molecular weight is 600 g/mol. The molecule has 8 nitrogen and oxygen atoms in total. The minimum absolute atomic E-state index is 0.0623. The highest BCUT2D eigenvalue weighted by Gasteiger charge is 2.25. The Morgan fingerprint density at radius 2 is 1.55 bits per heavy atom. The zero-order valence-corrected chi connectivity index (χ0v) is 27.0. The maximum absolute atomic E-state index is 12.6. The molecule has 0 aliphatic heterocycles. The zero-order valence-electron chi connectivity index (χ0n) is 26.3. The van der Waals surface area contributed by atoms with Crippen LogP contribution in [-0.2, 0) is 19.7 Å². The standard InChI is InChI=1S/C33H50ClN5O3/c1-6-7-8-9-10-11-12-13-14-15-16-17-22-42-28(41)21-20-27(40)35-26-23-25(19-18-24(26)2)31-36-32-29(34)30(33(3,4)5)37-39(32)38-31/h18-19,23H,6-17,20-22H2,1-5H3,(H,35,40)(H,36,38). The van der Waals surface area contributed by atoms with Crippen molar-refractivity contribution in [1.82, 2.24) is 19.8 Å². The number of aromatic nitrogens is 4. The normalized spacial score (nSPS) is 11.8. The minimum Gasteiger partial charge on any atom is -0.466 e. The first-order valence-electron chi connectivity index (χ1n) is 15.8. The topological polar surface area (TPSA) is 101 Å². The molecule has 0 atom stereocenters. The predicted molar refractivity (Wildman–Crippen MR) is 171 cm³/mol. The van der Waals surface area contributed by atoms with Crippen molar-refractivity contribution in [2.75, 3.05) is 11.9 Å². The fraction of sp³-hybridized carbons (Fsp3) is 0.636. The number of rotatable bonds is 18. The van der Waals surface area contributed by atoms with Crippen LogP contribution in [0.3, 0.4) is 0 Å². The number of aryl methyl sites for hydroxylation is 1. The largest absolute Gasteiger partial charge is 0.466 e. The van der Waals surface area contributed by atoms with Crippen molar-refractivity contribution in [3.63, 3.8) is 0 Å². The highest BCUT2D eigenvalue weighted by atomic mass is 35.5. The van der Waals surface area contributed by atoms with Gasteiger partial charge in [0.05, 0.1) is 18.7 Å². The van der Waals surface area contributed by atoms with E-state index in [2.05, 4.69) is 48.2 Å². The Balaban J connectivity index is 1.35. The molecule has 0 bridgehead atoms. The van der Waals surface area contributed by atoms with E-state index in [4.69, 9.17) is 16.3 Å². The number of nitrogens with one attached hydrogen (secondary N) is 2. The highest BCUT2D eigenvalue weighted by Crippen LogP contribution is 2.32. The SMILES string of the molecule is CCCCCCCCCCCCCCOC(=O)CCC(=O)Nc1cc(-c2nn3nc(C(C)(C)C)c(Cl)c3[nH]2)ccc1C. The van der Waals surface area contributed by atoms with Crippen LogP contribution in [0.2, 0.25) is 5.02 Å². The monoisotopic (exact) mass is 599 g/mol. The number of carbonyl (C=O) groups excluding carboxylic acids is 2. The Bertz CT molecular complexity index is 1290. The van der Waals surface area contributed by atoms with Gasteiger partial charge in [0, 0.05) is 23.1 Å². The van der Waals surface area contributed by atoms with Crippen molar-refractivity contribution in [3.05, 3.63) is 34.5 Å². The average Bonchev–Trinajstić information content (AvgIpc) is 3.50. The van der Waals surface area contributed by atoms with Gasteiger partial charge in [-0.2, -0.15) is 5.10 Å². The number of aromatic amines is 1. The van der Waals surface area contributed by atoms with E-state index >= 15 is 0 Å². The van der Waals surface area contributed by atoms with Crippen LogP contribution < -0.4 is 5.32 Å². The molecule has 0 aliphatic carbocycles. The van der Waals surface area contributed by atoms with Gasteiger partial charge in [0.25, 0.3) is 0 Å². The van der Waals surface area contributed by atoms with Gasteiger partial charge in [-0.15, -0.1) is 9.73 Å². The Morgan fingerprint density at radius 3 is 2.14 bits per heavy atom. The summed E-state index contributed by atoms with van der Waals surface area (Å²) in [5.74, 6) is 0.0329. The molecule has 232 valence electrons. The number of benzene rings is 1. The number of nitrogens with zero attached hydrogens (tertiary/aromatic N) is 3. The summed E-state index contributed by atoms with van der Waals surface area (Å²) in [4.78, 5) is 28.0. The summed E-state index contributed by atoms with van der Waals surface area (Å²) in [6.07, 6.45) is 15.3. The summed E-state index contributed by atoms with van der Waals surface area (Å²) in [5, 5.41) is 12.6. The number of carbonyl (C=O) groups is 2. The number of ether oxygens (including phenoxy) is 1. The molecule has 0 saturated heterocycles. The molecule has 42 heavy (non-hydrogen) atoms. The number of anilines is 1. The van der Waals surface area contributed by atoms with Crippen molar-refractivity contribution in [2.24, 2.45) is 0 Å². The number of fused-ring (bicyclic) bond motifs is 1. The first kappa shape index (κ1) is 33.6. The van der Waals surface area contributed by atoms with Crippen molar-refractivity contribution in [1.29, 1.82) is 0 Å². The van der Waals surface area contributed by atoms with Crippen LogP contribution >= 0.6 is 11.6 Å². The second kappa shape index (κ2) is 16.7. The second-order valence-corrected chi connectivity index (χ2v) is 12.8. The lowest BCUT2D eigenvalue weighted by Gasteiger charge is -2.14. The van der Waals surface area contributed by atoms with Crippen LogP contribution in [0.1, 0.15) is 129 Å². The van der Waals surface area contributed by atoms with E-state index in [9.17, 15) is 9.59 Å². The van der Waals surface area contributed by atoms with Gasteiger partial charge in [-0.05, 0) is 25.0 Å². The van der Waals surface area contributed by atoms with Crippen LogP contribution in [0.15, 0.2) is 18.2 Å². The number of unbranched alkanes of at least 4 members (excludes halogenated alkanes) is 11. The molecule has 1 amide bonds. The van der Waals surface area contributed by atoms with E-state index in [-0.39, 0.29) is 30.1 Å². The molecule has 0 radical (unpaired) electrons. The molecule has 0 fully saturated rings. The first-order valence-corrected chi connectivity index (χ1v) is 16.2. The summed E-state index contributed by atoms with van der Waals surface area (Å²) in [5.41, 5.74) is 3.57. The summed E-state index contributed by atoms with van der Waals surface area (Å²) in [6.45, 7) is 10.8. The Labute approximate surface area is 256 Å². The zero-order chi connectivity index (χ0) is 30.5. The van der Waals surface area contributed by atoms with Crippen molar-refractivity contribution >= 4 is 34.8 Å². The fourth-order valence-electron chi connectivity index (χ4n) is 4.94. The number of halogens is 1. The fourth-order valence-corrected chi connectivity index (χ4v) is 5.38. The first-order chi connectivity index (χ1) is 20.1. The third kappa shape index (κ3) is 10.4. The molecule has 3 rings (SSSR count). The van der Waals surface area contributed by atoms with Gasteiger partial charge < -0.3 is 15.0 Å². The third-order valence-corrected chi connectivity index (χ3v) is 7.91. The van der Waals surface area contributed by atoms with Crippen LogP contribution in [0.4, 0.5) is 5.69 Å². The van der Waals surface area contributed by atoms with Crippen molar-refractivity contribution in [3.8, 4) is 11.4 Å². The van der Waals surface area contributed by atoms with Gasteiger partial charge in [-0.1, -0.05) is 122 Å². The van der Waals surface area contributed by atoms with Crippen molar-refractivity contribution < 1.29 is 14.3 Å². The molecule has 2 heterocycles. The van der Waals surface area contributed by atoms with Gasteiger partial charge in [-0.3, -0.25) is 9.59 Å².